The standard InChI is InChI=1S/C15H11N5O2/c21-14(22)8-7-13-18-19-15(11-5-1-3-9-16-11)20(13)12-6-2-4-10-17-12/h1-10H,(H,21,22)/b8-7-. The molecule has 0 radical (unpaired) electrons. The summed E-state index contributed by atoms with van der Waals surface area (Å²) in [6.45, 7) is 0. The van der Waals surface area contributed by atoms with Crippen LogP contribution in [0.4, 0.5) is 0 Å². The van der Waals surface area contributed by atoms with Crippen molar-refractivity contribution in [3.63, 3.8) is 0 Å². The molecule has 108 valence electrons. The van der Waals surface area contributed by atoms with Crippen LogP contribution in [0.2, 0.25) is 0 Å². The Labute approximate surface area is 125 Å². The maximum absolute atomic E-state index is 10.7. The summed E-state index contributed by atoms with van der Waals surface area (Å²) < 4.78 is 1.65. The molecule has 3 heterocycles. The number of hydrogen-bond acceptors (Lipinski definition) is 5. The maximum atomic E-state index is 10.7. The van der Waals surface area contributed by atoms with Gasteiger partial charge < -0.3 is 5.11 Å². The van der Waals surface area contributed by atoms with Crippen molar-refractivity contribution in [2.24, 2.45) is 0 Å². The average Bonchev–Trinajstić information content (AvgIpc) is 2.98. The summed E-state index contributed by atoms with van der Waals surface area (Å²) in [5, 5.41) is 16.9. The number of aliphatic carboxylic acids is 1. The van der Waals surface area contributed by atoms with Crippen molar-refractivity contribution >= 4 is 12.0 Å². The van der Waals surface area contributed by atoms with Gasteiger partial charge in [-0.05, 0) is 30.3 Å². The van der Waals surface area contributed by atoms with Gasteiger partial charge in [-0.2, -0.15) is 0 Å². The molecule has 0 unspecified atom stereocenters. The topological polar surface area (TPSA) is 93.8 Å². The molecule has 7 nitrogen and oxygen atoms in total. The van der Waals surface area contributed by atoms with Crippen LogP contribution in [0.3, 0.4) is 0 Å². The molecule has 0 spiro atoms. The Bertz CT molecular complexity index is 812. The van der Waals surface area contributed by atoms with E-state index in [0.29, 0.717) is 23.2 Å². The summed E-state index contributed by atoms with van der Waals surface area (Å²) in [7, 11) is 0. The highest BCUT2D eigenvalue weighted by atomic mass is 16.4. The second-order valence-corrected chi connectivity index (χ2v) is 4.29. The van der Waals surface area contributed by atoms with E-state index in [4.69, 9.17) is 5.11 Å². The normalized spacial score (nSPS) is 10.9. The molecule has 0 saturated heterocycles. The Kier molecular flexibility index (Phi) is 3.69. The summed E-state index contributed by atoms with van der Waals surface area (Å²) in [6, 6.07) is 10.8. The molecule has 0 amide bonds. The highest BCUT2D eigenvalue weighted by molar-refractivity contribution is 5.84. The summed E-state index contributed by atoms with van der Waals surface area (Å²) >= 11 is 0. The van der Waals surface area contributed by atoms with Crippen LogP contribution in [0.25, 0.3) is 23.4 Å². The van der Waals surface area contributed by atoms with E-state index < -0.39 is 5.97 Å². The van der Waals surface area contributed by atoms with Gasteiger partial charge in [0.2, 0.25) is 0 Å². The van der Waals surface area contributed by atoms with E-state index in [1.807, 2.05) is 12.1 Å². The molecule has 0 atom stereocenters. The van der Waals surface area contributed by atoms with Crippen LogP contribution < -0.4 is 0 Å². The minimum atomic E-state index is -1.06. The zero-order chi connectivity index (χ0) is 15.4. The van der Waals surface area contributed by atoms with Crippen LogP contribution in [0.5, 0.6) is 0 Å². The van der Waals surface area contributed by atoms with Gasteiger partial charge in [0.1, 0.15) is 11.5 Å². The van der Waals surface area contributed by atoms with Crippen molar-refractivity contribution in [1.29, 1.82) is 0 Å². The maximum Gasteiger partial charge on any atom is 0.328 e. The molecule has 0 aromatic carbocycles. The fourth-order valence-corrected chi connectivity index (χ4v) is 1.92. The summed E-state index contributed by atoms with van der Waals surface area (Å²) in [5.41, 5.74) is 0.621. The lowest BCUT2D eigenvalue weighted by atomic mass is 10.3. The molecule has 1 N–H and O–H groups in total. The summed E-state index contributed by atoms with van der Waals surface area (Å²) in [4.78, 5) is 19.2. The van der Waals surface area contributed by atoms with Gasteiger partial charge in [-0.15, -0.1) is 10.2 Å². The van der Waals surface area contributed by atoms with Crippen molar-refractivity contribution in [2.45, 2.75) is 0 Å². The predicted octanol–water partition coefficient (Wildman–Crippen LogP) is 1.82. The number of hydrogen-bond donors (Lipinski definition) is 1. The molecule has 22 heavy (non-hydrogen) atoms. The third-order valence-electron chi connectivity index (χ3n) is 2.84. The number of pyridine rings is 2. The number of rotatable bonds is 4. The van der Waals surface area contributed by atoms with Crippen LogP contribution in [-0.4, -0.2) is 35.8 Å². The fourth-order valence-electron chi connectivity index (χ4n) is 1.92. The molecule has 0 aliphatic carbocycles. The third kappa shape index (κ3) is 2.73. The SMILES string of the molecule is O=C(O)/C=C\c1nnc(-c2ccccn2)n1-c1ccccn1. The zero-order valence-corrected chi connectivity index (χ0v) is 11.4. The van der Waals surface area contributed by atoms with Gasteiger partial charge in [0, 0.05) is 18.5 Å². The first-order valence-corrected chi connectivity index (χ1v) is 6.45. The quantitative estimate of drug-likeness (QED) is 0.737. The van der Waals surface area contributed by atoms with E-state index in [2.05, 4.69) is 20.2 Å². The number of carboxylic acid groups (broad SMARTS) is 1. The molecule has 7 heteroatoms. The number of carbonyl (C=O) groups is 1. The second kappa shape index (κ2) is 5.96. The largest absolute Gasteiger partial charge is 0.478 e. The van der Waals surface area contributed by atoms with Gasteiger partial charge in [-0.25, -0.2) is 9.78 Å². The summed E-state index contributed by atoms with van der Waals surface area (Å²) in [6.07, 6.45) is 5.67. The molecule has 0 aliphatic rings. The Morgan fingerprint density at radius 3 is 2.45 bits per heavy atom. The minimum Gasteiger partial charge on any atom is -0.478 e. The van der Waals surface area contributed by atoms with Gasteiger partial charge >= 0.3 is 5.97 Å². The van der Waals surface area contributed by atoms with Gasteiger partial charge in [0.25, 0.3) is 0 Å². The van der Waals surface area contributed by atoms with Crippen LogP contribution in [0, 0.1) is 0 Å². The molecule has 0 saturated carbocycles. The van der Waals surface area contributed by atoms with Gasteiger partial charge in [-0.1, -0.05) is 12.1 Å². The first-order valence-electron chi connectivity index (χ1n) is 6.45. The van der Waals surface area contributed by atoms with E-state index in [1.165, 1.54) is 6.08 Å². The molecule has 3 aromatic heterocycles. The zero-order valence-electron chi connectivity index (χ0n) is 11.4. The van der Waals surface area contributed by atoms with E-state index in [-0.39, 0.29) is 0 Å². The van der Waals surface area contributed by atoms with E-state index in [9.17, 15) is 4.79 Å². The Morgan fingerprint density at radius 2 is 1.82 bits per heavy atom. The monoisotopic (exact) mass is 293 g/mol. The lowest BCUT2D eigenvalue weighted by Gasteiger charge is -2.06. The molecular formula is C15H11N5O2. The smallest absolute Gasteiger partial charge is 0.328 e. The minimum absolute atomic E-state index is 0.363. The highest BCUT2D eigenvalue weighted by Crippen LogP contribution is 2.20. The third-order valence-corrected chi connectivity index (χ3v) is 2.84. The average molecular weight is 293 g/mol. The van der Waals surface area contributed by atoms with Gasteiger partial charge in [0.15, 0.2) is 11.6 Å². The fraction of sp³-hybridized carbons (Fsp3) is 0. The van der Waals surface area contributed by atoms with Crippen molar-refractivity contribution in [2.75, 3.05) is 0 Å². The van der Waals surface area contributed by atoms with Crippen molar-refractivity contribution in [1.82, 2.24) is 24.7 Å². The lowest BCUT2D eigenvalue weighted by molar-refractivity contribution is -0.131. The Hall–Kier alpha value is -3.35. The van der Waals surface area contributed by atoms with Crippen LogP contribution in [0.1, 0.15) is 5.82 Å². The van der Waals surface area contributed by atoms with Crippen molar-refractivity contribution < 1.29 is 9.90 Å². The number of carboxylic acids is 1. The molecule has 0 bridgehead atoms. The van der Waals surface area contributed by atoms with Gasteiger partial charge in [0.05, 0.1) is 0 Å². The van der Waals surface area contributed by atoms with Gasteiger partial charge in [-0.3, -0.25) is 9.55 Å². The van der Waals surface area contributed by atoms with Crippen LogP contribution in [0.15, 0.2) is 54.9 Å². The van der Waals surface area contributed by atoms with Crippen LogP contribution in [-0.2, 0) is 4.79 Å². The molecule has 0 fully saturated rings. The predicted molar refractivity (Wildman–Crippen MR) is 79.1 cm³/mol. The van der Waals surface area contributed by atoms with E-state index >= 15 is 0 Å². The second-order valence-electron chi connectivity index (χ2n) is 4.29. The van der Waals surface area contributed by atoms with Crippen LogP contribution >= 0.6 is 0 Å². The number of aromatic nitrogens is 5. The lowest BCUT2D eigenvalue weighted by Crippen LogP contribution is -2.03. The molecule has 3 aromatic rings. The first-order chi connectivity index (χ1) is 10.8. The first kappa shape index (κ1) is 13.6. The summed E-state index contributed by atoms with van der Waals surface area (Å²) in [5.74, 6) is 0.374. The van der Waals surface area contributed by atoms with E-state index in [1.54, 1.807) is 41.2 Å². The highest BCUT2D eigenvalue weighted by Gasteiger charge is 2.15. The molecular weight excluding hydrogens is 282 g/mol. The van der Waals surface area contributed by atoms with Crippen molar-refractivity contribution in [3.05, 3.63) is 60.7 Å². The van der Waals surface area contributed by atoms with E-state index in [0.717, 1.165) is 6.08 Å². The Morgan fingerprint density at radius 1 is 1.05 bits per heavy atom. The number of nitrogens with zero attached hydrogens (tertiary/aromatic N) is 5. The molecule has 0 aliphatic heterocycles. The molecule has 3 rings (SSSR count). The Balaban J connectivity index is 2.18. The van der Waals surface area contributed by atoms with Crippen molar-refractivity contribution in [3.8, 4) is 17.3 Å².